The molecule has 0 unspecified atom stereocenters. The number of amides is 2. The molecule has 1 aromatic carbocycles. The van der Waals surface area contributed by atoms with Gasteiger partial charge in [-0.05, 0) is 18.6 Å². The fourth-order valence-electron chi connectivity index (χ4n) is 3.04. The fourth-order valence-corrected chi connectivity index (χ4v) is 3.04. The maximum Gasteiger partial charge on any atom is 0.224 e. The highest BCUT2D eigenvalue weighted by Gasteiger charge is 2.21. The summed E-state index contributed by atoms with van der Waals surface area (Å²) < 4.78 is 0. The summed E-state index contributed by atoms with van der Waals surface area (Å²) in [5, 5.41) is 2.88. The summed E-state index contributed by atoms with van der Waals surface area (Å²) in [7, 11) is 0. The van der Waals surface area contributed by atoms with Crippen molar-refractivity contribution >= 4 is 17.5 Å². The van der Waals surface area contributed by atoms with E-state index in [9.17, 15) is 9.59 Å². The normalized spacial score (nSPS) is 15.9. The molecule has 2 rings (SSSR count). The van der Waals surface area contributed by atoms with Gasteiger partial charge < -0.3 is 15.1 Å². The van der Waals surface area contributed by atoms with E-state index < -0.39 is 0 Å². The Morgan fingerprint density at radius 2 is 1.79 bits per heavy atom. The van der Waals surface area contributed by atoms with Crippen molar-refractivity contribution in [3.05, 3.63) is 30.3 Å². The molecule has 1 heterocycles. The molecule has 5 nitrogen and oxygen atoms in total. The van der Waals surface area contributed by atoms with Gasteiger partial charge in [-0.3, -0.25) is 9.59 Å². The number of hydrogen-bond donors (Lipinski definition) is 1. The summed E-state index contributed by atoms with van der Waals surface area (Å²) in [6.45, 7) is 7.64. The predicted molar refractivity (Wildman–Crippen MR) is 96.9 cm³/mol. The highest BCUT2D eigenvalue weighted by Crippen LogP contribution is 2.15. The topological polar surface area (TPSA) is 52.7 Å². The number of rotatable bonds is 7. The summed E-state index contributed by atoms with van der Waals surface area (Å²) in [4.78, 5) is 28.3. The van der Waals surface area contributed by atoms with Gasteiger partial charge in [-0.1, -0.05) is 38.5 Å². The van der Waals surface area contributed by atoms with Gasteiger partial charge in [0.05, 0.1) is 0 Å². The predicted octanol–water partition coefficient (Wildman–Crippen LogP) is 2.28. The van der Waals surface area contributed by atoms with Gasteiger partial charge in [0.2, 0.25) is 11.8 Å². The number of carbonyl (C=O) groups is 2. The van der Waals surface area contributed by atoms with Crippen molar-refractivity contribution < 1.29 is 9.59 Å². The molecular formula is C19H29N3O2. The van der Waals surface area contributed by atoms with Crippen molar-refractivity contribution in [1.82, 2.24) is 10.2 Å². The number of carbonyl (C=O) groups excluding carboxylic acids is 2. The number of nitrogens with one attached hydrogen (secondary N) is 1. The van der Waals surface area contributed by atoms with Crippen molar-refractivity contribution in [1.29, 1.82) is 0 Å². The van der Waals surface area contributed by atoms with Gasteiger partial charge in [0.25, 0.3) is 0 Å². The molecule has 0 radical (unpaired) electrons. The molecule has 1 saturated heterocycles. The van der Waals surface area contributed by atoms with Crippen molar-refractivity contribution in [3.63, 3.8) is 0 Å². The van der Waals surface area contributed by atoms with Crippen LogP contribution in [0.25, 0.3) is 0 Å². The van der Waals surface area contributed by atoms with Crippen LogP contribution < -0.4 is 10.2 Å². The molecule has 1 aliphatic heterocycles. The molecule has 132 valence electrons. The Bertz CT molecular complexity index is 525. The first-order chi connectivity index (χ1) is 11.6. The summed E-state index contributed by atoms with van der Waals surface area (Å²) in [5.74, 6) is 0.212. The average molecular weight is 331 g/mol. The van der Waals surface area contributed by atoms with Crippen molar-refractivity contribution in [3.8, 4) is 0 Å². The SMILES string of the molecule is CCC[C@@H](C)C(=O)NCCC(=O)N1CCN(c2ccccc2)CC1. The Labute approximate surface area is 145 Å². The maximum atomic E-state index is 12.3. The number of para-hydroxylation sites is 1. The minimum atomic E-state index is 0.0273. The van der Waals surface area contributed by atoms with Gasteiger partial charge in [-0.2, -0.15) is 0 Å². The summed E-state index contributed by atoms with van der Waals surface area (Å²) in [6.07, 6.45) is 2.27. The summed E-state index contributed by atoms with van der Waals surface area (Å²) in [5.41, 5.74) is 1.21. The minimum Gasteiger partial charge on any atom is -0.368 e. The lowest BCUT2D eigenvalue weighted by Crippen LogP contribution is -2.49. The lowest BCUT2D eigenvalue weighted by molar-refractivity contribution is -0.131. The minimum absolute atomic E-state index is 0.0273. The van der Waals surface area contributed by atoms with Crippen molar-refractivity contribution in [2.24, 2.45) is 5.92 Å². The van der Waals surface area contributed by atoms with Gasteiger partial charge >= 0.3 is 0 Å². The first kappa shape index (κ1) is 18.3. The highest BCUT2D eigenvalue weighted by atomic mass is 16.2. The third-order valence-electron chi connectivity index (χ3n) is 4.56. The summed E-state index contributed by atoms with van der Waals surface area (Å²) in [6, 6.07) is 10.3. The van der Waals surface area contributed by atoms with Crippen molar-refractivity contribution in [2.45, 2.75) is 33.1 Å². The monoisotopic (exact) mass is 331 g/mol. The van der Waals surface area contributed by atoms with Crippen LogP contribution in [0, 0.1) is 5.92 Å². The third kappa shape index (κ3) is 5.25. The van der Waals surface area contributed by atoms with E-state index in [4.69, 9.17) is 0 Å². The van der Waals surface area contributed by atoms with E-state index >= 15 is 0 Å². The van der Waals surface area contributed by atoms with Crippen LogP contribution in [0.3, 0.4) is 0 Å². The molecule has 1 fully saturated rings. The smallest absolute Gasteiger partial charge is 0.224 e. The molecule has 0 aromatic heterocycles. The number of benzene rings is 1. The van der Waals surface area contributed by atoms with E-state index in [2.05, 4.69) is 29.3 Å². The van der Waals surface area contributed by atoms with Crippen LogP contribution in [-0.4, -0.2) is 49.4 Å². The Kier molecular flexibility index (Phi) is 7.09. The summed E-state index contributed by atoms with van der Waals surface area (Å²) >= 11 is 0. The number of anilines is 1. The second-order valence-corrected chi connectivity index (χ2v) is 6.43. The van der Waals surface area contributed by atoms with Gasteiger partial charge in [0.15, 0.2) is 0 Å². The van der Waals surface area contributed by atoms with E-state index in [1.807, 2.05) is 30.0 Å². The molecule has 1 aromatic rings. The Balaban J connectivity index is 1.68. The van der Waals surface area contributed by atoms with E-state index in [1.54, 1.807) is 0 Å². The molecule has 5 heteroatoms. The van der Waals surface area contributed by atoms with Crippen molar-refractivity contribution in [2.75, 3.05) is 37.6 Å². The first-order valence-electron chi connectivity index (χ1n) is 8.97. The molecule has 0 bridgehead atoms. The Morgan fingerprint density at radius 1 is 1.12 bits per heavy atom. The van der Waals surface area contributed by atoms with E-state index in [-0.39, 0.29) is 17.7 Å². The highest BCUT2D eigenvalue weighted by molar-refractivity contribution is 5.80. The second kappa shape index (κ2) is 9.30. The van der Waals surface area contributed by atoms with E-state index in [1.165, 1.54) is 5.69 Å². The lowest BCUT2D eigenvalue weighted by atomic mass is 10.1. The fraction of sp³-hybridized carbons (Fsp3) is 0.579. The molecule has 1 aliphatic rings. The average Bonchev–Trinajstić information content (AvgIpc) is 2.62. The standard InChI is InChI=1S/C19H29N3O2/c1-3-7-16(2)19(24)20-11-10-18(23)22-14-12-21(13-15-22)17-8-5-4-6-9-17/h4-6,8-9,16H,3,7,10-15H2,1-2H3,(H,20,24)/t16-/m1/s1. The molecule has 2 amide bonds. The Hall–Kier alpha value is -2.04. The van der Waals surface area contributed by atoms with E-state index in [0.29, 0.717) is 13.0 Å². The van der Waals surface area contributed by atoms with Gasteiger partial charge in [0, 0.05) is 50.7 Å². The number of piperazine rings is 1. The zero-order chi connectivity index (χ0) is 17.4. The van der Waals surface area contributed by atoms with Crippen LogP contribution >= 0.6 is 0 Å². The van der Waals surface area contributed by atoms with Crippen LogP contribution in [0.2, 0.25) is 0 Å². The quantitative estimate of drug-likeness (QED) is 0.834. The second-order valence-electron chi connectivity index (χ2n) is 6.43. The molecule has 0 spiro atoms. The number of hydrogen-bond acceptors (Lipinski definition) is 3. The van der Waals surface area contributed by atoms with Crippen LogP contribution in [0.1, 0.15) is 33.1 Å². The Morgan fingerprint density at radius 3 is 2.42 bits per heavy atom. The van der Waals surface area contributed by atoms with Crippen LogP contribution in [0.5, 0.6) is 0 Å². The molecule has 1 N–H and O–H groups in total. The van der Waals surface area contributed by atoms with Gasteiger partial charge in [-0.25, -0.2) is 0 Å². The molecule has 24 heavy (non-hydrogen) atoms. The van der Waals surface area contributed by atoms with Crippen LogP contribution in [0.4, 0.5) is 5.69 Å². The molecule has 0 saturated carbocycles. The largest absolute Gasteiger partial charge is 0.368 e. The third-order valence-corrected chi connectivity index (χ3v) is 4.56. The van der Waals surface area contributed by atoms with Crippen LogP contribution in [0.15, 0.2) is 30.3 Å². The molecule has 1 atom stereocenters. The zero-order valence-electron chi connectivity index (χ0n) is 14.8. The molecule has 0 aliphatic carbocycles. The van der Waals surface area contributed by atoms with E-state index in [0.717, 1.165) is 39.0 Å². The van der Waals surface area contributed by atoms with Crippen LogP contribution in [-0.2, 0) is 9.59 Å². The first-order valence-corrected chi connectivity index (χ1v) is 8.97. The van der Waals surface area contributed by atoms with Gasteiger partial charge in [0.1, 0.15) is 0 Å². The number of nitrogens with zero attached hydrogens (tertiary/aromatic N) is 2. The van der Waals surface area contributed by atoms with Gasteiger partial charge in [-0.15, -0.1) is 0 Å². The maximum absolute atomic E-state index is 12.3. The molecular weight excluding hydrogens is 302 g/mol. The lowest BCUT2D eigenvalue weighted by Gasteiger charge is -2.36. The zero-order valence-corrected chi connectivity index (χ0v) is 14.8.